The summed E-state index contributed by atoms with van der Waals surface area (Å²) in [6.07, 6.45) is 5.23. The maximum absolute atomic E-state index is 6.70. The molecule has 0 amide bonds. The van der Waals surface area contributed by atoms with Gasteiger partial charge in [0.1, 0.15) is 0 Å². The maximum Gasteiger partial charge on any atom is 0.0352 e. The van der Waals surface area contributed by atoms with Crippen LogP contribution in [0.25, 0.3) is 0 Å². The van der Waals surface area contributed by atoms with E-state index >= 15 is 0 Å². The molecule has 2 rings (SSSR count). The lowest BCUT2D eigenvalue weighted by Gasteiger charge is -2.33. The second-order valence-corrected chi connectivity index (χ2v) is 7.54. The summed E-state index contributed by atoms with van der Waals surface area (Å²) < 4.78 is 0. The lowest BCUT2D eigenvalue weighted by Crippen LogP contribution is -2.30. The fourth-order valence-corrected chi connectivity index (χ4v) is 3.60. The Morgan fingerprint density at radius 3 is 2.05 bits per heavy atom. The first kappa shape index (κ1) is 15.6. The van der Waals surface area contributed by atoms with E-state index in [2.05, 4.69) is 52.8 Å². The van der Waals surface area contributed by atoms with Gasteiger partial charge < -0.3 is 5.73 Å². The van der Waals surface area contributed by atoms with Gasteiger partial charge in [-0.1, -0.05) is 65.7 Å². The molecule has 1 unspecified atom stereocenters. The summed E-state index contributed by atoms with van der Waals surface area (Å²) in [5.41, 5.74) is 11.3. The van der Waals surface area contributed by atoms with E-state index in [1.54, 1.807) is 0 Å². The molecule has 0 aliphatic heterocycles. The Morgan fingerprint density at radius 1 is 0.950 bits per heavy atom. The molecule has 1 aromatic carbocycles. The highest BCUT2D eigenvalue weighted by Gasteiger charge is 2.36. The Kier molecular flexibility index (Phi) is 4.59. The maximum atomic E-state index is 6.70. The fraction of sp³-hybridized carbons (Fsp3) is 0.684. The van der Waals surface area contributed by atoms with Crippen LogP contribution in [0.2, 0.25) is 0 Å². The van der Waals surface area contributed by atoms with Crippen molar-refractivity contribution < 1.29 is 0 Å². The zero-order valence-corrected chi connectivity index (χ0v) is 13.9. The molecule has 1 heteroatoms. The lowest BCUT2D eigenvalue weighted by molar-refractivity contribution is 0.264. The minimum Gasteiger partial charge on any atom is -0.323 e. The normalized spacial score (nSPS) is 19.8. The topological polar surface area (TPSA) is 26.0 Å². The summed E-state index contributed by atoms with van der Waals surface area (Å²) in [5, 5.41) is 0. The van der Waals surface area contributed by atoms with Crippen molar-refractivity contribution in [2.75, 3.05) is 0 Å². The van der Waals surface area contributed by atoms with Gasteiger partial charge in [-0.25, -0.2) is 0 Å². The van der Waals surface area contributed by atoms with E-state index in [0.717, 1.165) is 0 Å². The van der Waals surface area contributed by atoms with E-state index in [0.29, 0.717) is 17.3 Å². The average Bonchev–Trinajstić information content (AvgIpc) is 2.85. The van der Waals surface area contributed by atoms with Gasteiger partial charge in [-0.05, 0) is 46.8 Å². The smallest absolute Gasteiger partial charge is 0.0352 e. The van der Waals surface area contributed by atoms with Crippen LogP contribution in [0.1, 0.15) is 94.9 Å². The second-order valence-electron chi connectivity index (χ2n) is 7.54. The van der Waals surface area contributed by atoms with Gasteiger partial charge in [0, 0.05) is 6.04 Å². The molecule has 0 radical (unpaired) electrons. The van der Waals surface area contributed by atoms with Crippen LogP contribution in [0, 0.1) is 5.41 Å². The van der Waals surface area contributed by atoms with E-state index in [-0.39, 0.29) is 6.04 Å². The Labute approximate surface area is 125 Å². The third kappa shape index (κ3) is 2.93. The predicted octanol–water partition coefficient (Wildman–Crippen LogP) is 5.51. The largest absolute Gasteiger partial charge is 0.323 e. The molecule has 1 aliphatic carbocycles. The number of hydrogen-bond acceptors (Lipinski definition) is 1. The highest BCUT2D eigenvalue weighted by atomic mass is 14.7. The van der Waals surface area contributed by atoms with Gasteiger partial charge in [0.05, 0.1) is 0 Å². The van der Waals surface area contributed by atoms with Crippen LogP contribution >= 0.6 is 0 Å². The summed E-state index contributed by atoms with van der Waals surface area (Å²) in [5.74, 6) is 1.12. The third-order valence-electron chi connectivity index (χ3n) is 5.23. The number of rotatable bonds is 4. The first-order chi connectivity index (χ1) is 9.35. The molecule has 0 aromatic heterocycles. The van der Waals surface area contributed by atoms with E-state index in [9.17, 15) is 0 Å². The van der Waals surface area contributed by atoms with Gasteiger partial charge in [-0.2, -0.15) is 0 Å². The van der Waals surface area contributed by atoms with E-state index in [1.807, 2.05) is 0 Å². The molecule has 1 aliphatic rings. The summed E-state index contributed by atoms with van der Waals surface area (Å²) in [6, 6.07) is 7.16. The van der Waals surface area contributed by atoms with Crippen LogP contribution in [0.4, 0.5) is 0 Å². The molecule has 0 spiro atoms. The molecule has 0 bridgehead atoms. The van der Waals surface area contributed by atoms with E-state index in [1.165, 1.54) is 42.4 Å². The minimum absolute atomic E-state index is 0.184. The Morgan fingerprint density at radius 2 is 1.55 bits per heavy atom. The fourth-order valence-electron chi connectivity index (χ4n) is 3.60. The summed E-state index contributed by atoms with van der Waals surface area (Å²) >= 11 is 0. The van der Waals surface area contributed by atoms with Crippen LogP contribution in [0.5, 0.6) is 0 Å². The Balaban J connectivity index is 2.40. The molecular formula is C19H31N. The Hall–Kier alpha value is -0.820. The Bertz CT molecular complexity index is 453. The summed E-state index contributed by atoms with van der Waals surface area (Å²) in [7, 11) is 0. The number of hydrogen-bond donors (Lipinski definition) is 1. The first-order valence-corrected chi connectivity index (χ1v) is 8.24. The molecule has 112 valence electrons. The van der Waals surface area contributed by atoms with Crippen LogP contribution < -0.4 is 5.73 Å². The van der Waals surface area contributed by atoms with Crippen molar-refractivity contribution in [2.45, 2.75) is 78.2 Å². The van der Waals surface area contributed by atoms with Crippen LogP contribution in [-0.4, -0.2) is 0 Å². The van der Waals surface area contributed by atoms with Gasteiger partial charge in [0.25, 0.3) is 0 Å². The molecule has 1 atom stereocenters. The lowest BCUT2D eigenvalue weighted by atomic mass is 9.75. The molecule has 1 saturated carbocycles. The zero-order chi connectivity index (χ0) is 14.9. The predicted molar refractivity (Wildman–Crippen MR) is 88.1 cm³/mol. The first-order valence-electron chi connectivity index (χ1n) is 8.24. The van der Waals surface area contributed by atoms with Gasteiger partial charge in [-0.3, -0.25) is 0 Å². The van der Waals surface area contributed by atoms with E-state index in [4.69, 9.17) is 5.73 Å². The minimum atomic E-state index is 0.184. The van der Waals surface area contributed by atoms with Crippen molar-refractivity contribution in [3.8, 4) is 0 Å². The van der Waals surface area contributed by atoms with Crippen molar-refractivity contribution in [2.24, 2.45) is 11.1 Å². The van der Waals surface area contributed by atoms with Crippen molar-refractivity contribution in [1.82, 2.24) is 0 Å². The molecule has 0 heterocycles. The van der Waals surface area contributed by atoms with Crippen LogP contribution in [-0.2, 0) is 0 Å². The summed E-state index contributed by atoms with van der Waals surface area (Å²) in [6.45, 7) is 11.5. The second kappa shape index (κ2) is 5.89. The van der Waals surface area contributed by atoms with Crippen molar-refractivity contribution >= 4 is 0 Å². The summed E-state index contributed by atoms with van der Waals surface area (Å²) in [4.78, 5) is 0. The zero-order valence-electron chi connectivity index (χ0n) is 13.9. The SMILES string of the molecule is CC(C)c1ccc(C(N)C2(C)CCCC2)c(C(C)C)c1. The monoisotopic (exact) mass is 273 g/mol. The number of benzene rings is 1. The van der Waals surface area contributed by atoms with Crippen molar-refractivity contribution in [3.05, 3.63) is 34.9 Å². The third-order valence-corrected chi connectivity index (χ3v) is 5.23. The van der Waals surface area contributed by atoms with Gasteiger partial charge in [0.2, 0.25) is 0 Å². The highest BCUT2D eigenvalue weighted by Crippen LogP contribution is 2.47. The number of nitrogens with two attached hydrogens (primary N) is 1. The molecule has 0 saturated heterocycles. The van der Waals surface area contributed by atoms with Crippen LogP contribution in [0.15, 0.2) is 18.2 Å². The molecule has 1 fully saturated rings. The van der Waals surface area contributed by atoms with Crippen molar-refractivity contribution in [3.63, 3.8) is 0 Å². The van der Waals surface area contributed by atoms with Crippen molar-refractivity contribution in [1.29, 1.82) is 0 Å². The average molecular weight is 273 g/mol. The standard InChI is InChI=1S/C19H31N/c1-13(2)15-8-9-16(17(12-15)14(3)4)18(20)19(5)10-6-7-11-19/h8-9,12-14,18H,6-7,10-11,20H2,1-5H3. The quantitative estimate of drug-likeness (QED) is 0.768. The van der Waals surface area contributed by atoms with Gasteiger partial charge in [-0.15, -0.1) is 0 Å². The molecular weight excluding hydrogens is 242 g/mol. The van der Waals surface area contributed by atoms with E-state index < -0.39 is 0 Å². The van der Waals surface area contributed by atoms with Gasteiger partial charge >= 0.3 is 0 Å². The molecule has 1 nitrogen and oxygen atoms in total. The molecule has 2 N–H and O–H groups in total. The molecule has 20 heavy (non-hydrogen) atoms. The van der Waals surface area contributed by atoms with Crippen LogP contribution in [0.3, 0.4) is 0 Å². The molecule has 1 aromatic rings. The highest BCUT2D eigenvalue weighted by molar-refractivity contribution is 5.38. The van der Waals surface area contributed by atoms with Gasteiger partial charge in [0.15, 0.2) is 0 Å².